The monoisotopic (exact) mass is 592 g/mol. The molecule has 0 saturated heterocycles. The van der Waals surface area contributed by atoms with Crippen LogP contribution in [0.25, 0.3) is 32.2 Å². The molecule has 0 aliphatic carbocycles. The number of aliphatic carboxylic acids is 1. The fraction of sp³-hybridized carbons (Fsp3) is 0.179. The van der Waals surface area contributed by atoms with Crippen LogP contribution < -0.4 is 5.32 Å². The third kappa shape index (κ3) is 8.14. The van der Waals surface area contributed by atoms with Gasteiger partial charge in [0.25, 0.3) is 0 Å². The first-order valence-electron chi connectivity index (χ1n) is 12.1. The van der Waals surface area contributed by atoms with Crippen LogP contribution in [-0.2, 0) is 23.9 Å². The molecule has 0 atom stereocenters. The number of hydrogen-bond donors (Lipinski definition) is 3. The summed E-state index contributed by atoms with van der Waals surface area (Å²) in [5.74, 6) is -2.19. The highest BCUT2D eigenvalue weighted by molar-refractivity contribution is 7.18. The Hall–Kier alpha value is -4.23. The van der Waals surface area contributed by atoms with Gasteiger partial charge in [-0.05, 0) is 78.2 Å². The largest absolute Gasteiger partial charge is 0.490 e. The molecule has 0 saturated carbocycles. The third-order valence-electron chi connectivity index (χ3n) is 5.77. The number of fused-ring (bicyclic) bond motifs is 1. The molecule has 0 aliphatic heterocycles. The van der Waals surface area contributed by atoms with Crippen molar-refractivity contribution in [3.63, 3.8) is 0 Å². The molecule has 0 amide bonds. The lowest BCUT2D eigenvalue weighted by Crippen LogP contribution is -2.21. The number of nitrogens with one attached hydrogen (secondary N) is 2. The van der Waals surface area contributed by atoms with E-state index in [9.17, 15) is 26.3 Å². The number of H-pyrrole nitrogens is 1. The molecule has 5 rings (SSSR count). The molecule has 0 aliphatic rings. The van der Waals surface area contributed by atoms with Crippen LogP contribution in [-0.4, -0.2) is 38.7 Å². The van der Waals surface area contributed by atoms with E-state index in [4.69, 9.17) is 9.90 Å². The Balaban J connectivity index is 0.000000493. The first-order valence-corrected chi connectivity index (χ1v) is 12.9. The molecule has 0 unspecified atom stereocenters. The number of pyridine rings is 1. The molecular weight excluding hydrogens is 570 g/mol. The Morgan fingerprint density at radius 2 is 1.61 bits per heavy atom. The maximum Gasteiger partial charge on any atom is 0.490 e. The van der Waals surface area contributed by atoms with E-state index in [0.717, 1.165) is 47.0 Å². The van der Waals surface area contributed by atoms with Crippen LogP contribution in [0.3, 0.4) is 0 Å². The summed E-state index contributed by atoms with van der Waals surface area (Å²) in [6.45, 7) is 1.64. The zero-order chi connectivity index (χ0) is 29.6. The number of thiophene rings is 1. The average molecular weight is 593 g/mol. The fourth-order valence-electron chi connectivity index (χ4n) is 3.77. The van der Waals surface area contributed by atoms with Gasteiger partial charge in [0.15, 0.2) is 0 Å². The van der Waals surface area contributed by atoms with E-state index >= 15 is 0 Å². The molecule has 2 aromatic carbocycles. The van der Waals surface area contributed by atoms with Crippen molar-refractivity contribution in [2.75, 3.05) is 6.54 Å². The van der Waals surface area contributed by atoms with E-state index in [1.807, 2.05) is 30.3 Å². The Labute approximate surface area is 233 Å². The Morgan fingerprint density at radius 1 is 0.902 bits per heavy atom. The van der Waals surface area contributed by atoms with Crippen LogP contribution in [0.1, 0.15) is 16.7 Å². The fourth-order valence-corrected chi connectivity index (χ4v) is 4.72. The predicted molar refractivity (Wildman–Crippen MR) is 143 cm³/mol. The second kappa shape index (κ2) is 12.5. The van der Waals surface area contributed by atoms with Crippen LogP contribution >= 0.6 is 11.3 Å². The number of halogens is 6. The summed E-state index contributed by atoms with van der Waals surface area (Å²) in [5.41, 5.74) is 3.74. The number of aromatic nitrogens is 3. The Bertz CT molecular complexity index is 1610. The normalized spacial score (nSPS) is 11.8. The summed E-state index contributed by atoms with van der Waals surface area (Å²) >= 11 is 1.56. The number of carboxylic acid groups (broad SMARTS) is 1. The van der Waals surface area contributed by atoms with Crippen LogP contribution in [0.2, 0.25) is 0 Å². The average Bonchev–Trinajstić information content (AvgIpc) is 3.58. The minimum atomic E-state index is -5.08. The lowest BCUT2D eigenvalue weighted by molar-refractivity contribution is -0.192. The van der Waals surface area contributed by atoms with Crippen molar-refractivity contribution in [3.05, 3.63) is 95.8 Å². The second-order valence-corrected chi connectivity index (χ2v) is 9.85. The first-order chi connectivity index (χ1) is 19.4. The summed E-state index contributed by atoms with van der Waals surface area (Å²) in [6.07, 6.45) is -4.91. The molecule has 0 radical (unpaired) electrons. The standard InChI is InChI=1S/C26H21F3N4S.C2HF3O2/c27-26(28,29)20-4-5-21-22(15-20)33-25(32-21)24-7-6-23(34-24)19-3-1-2-18(14-19)16-31-13-10-17-8-11-30-12-9-17;3-2(4,5)1(6)7/h1-9,11-12,14-15,31H,10,13,16H2,(H,32,33);(H,6,7). The van der Waals surface area contributed by atoms with Crippen molar-refractivity contribution in [2.24, 2.45) is 0 Å². The van der Waals surface area contributed by atoms with E-state index < -0.39 is 23.9 Å². The minimum Gasteiger partial charge on any atom is -0.475 e. The highest BCUT2D eigenvalue weighted by atomic mass is 32.1. The molecular formula is C28H22F6N4O2S. The molecule has 3 N–H and O–H groups in total. The number of imidazole rings is 1. The maximum absolute atomic E-state index is 13.0. The maximum atomic E-state index is 13.0. The Kier molecular flexibility index (Phi) is 9.08. The number of nitrogens with zero attached hydrogens (tertiary/aromatic N) is 2. The van der Waals surface area contributed by atoms with Crippen molar-refractivity contribution < 1.29 is 36.2 Å². The molecule has 41 heavy (non-hydrogen) atoms. The number of aromatic amines is 1. The van der Waals surface area contributed by atoms with Gasteiger partial charge in [0.1, 0.15) is 5.82 Å². The van der Waals surface area contributed by atoms with Gasteiger partial charge in [0, 0.05) is 23.8 Å². The van der Waals surface area contributed by atoms with Crippen molar-refractivity contribution in [1.82, 2.24) is 20.3 Å². The third-order valence-corrected chi connectivity index (χ3v) is 6.91. The molecule has 13 heteroatoms. The first kappa shape index (κ1) is 29.7. The lowest BCUT2D eigenvalue weighted by Gasteiger charge is -2.07. The summed E-state index contributed by atoms with van der Waals surface area (Å²) in [4.78, 5) is 22.4. The predicted octanol–water partition coefficient (Wildman–Crippen LogP) is 7.34. The van der Waals surface area contributed by atoms with Gasteiger partial charge in [0.05, 0.1) is 21.5 Å². The van der Waals surface area contributed by atoms with Crippen LogP contribution in [0.5, 0.6) is 0 Å². The van der Waals surface area contributed by atoms with Gasteiger partial charge >= 0.3 is 18.3 Å². The SMILES string of the molecule is FC(F)(F)c1ccc2nc(-c3ccc(-c4cccc(CNCCc5ccncc5)c4)s3)[nH]c2c1.O=C(O)C(F)(F)F. The molecule has 0 bridgehead atoms. The van der Waals surface area contributed by atoms with Crippen molar-refractivity contribution >= 4 is 28.3 Å². The molecule has 3 aromatic heterocycles. The van der Waals surface area contributed by atoms with E-state index in [2.05, 4.69) is 38.5 Å². The number of hydrogen-bond acceptors (Lipinski definition) is 5. The zero-order valence-electron chi connectivity index (χ0n) is 21.1. The smallest absolute Gasteiger partial charge is 0.475 e. The van der Waals surface area contributed by atoms with Gasteiger partial charge < -0.3 is 15.4 Å². The quantitative estimate of drug-likeness (QED) is 0.136. The molecule has 5 aromatic rings. The van der Waals surface area contributed by atoms with Gasteiger partial charge in [-0.3, -0.25) is 4.98 Å². The number of carbonyl (C=O) groups is 1. The zero-order valence-corrected chi connectivity index (χ0v) is 21.9. The van der Waals surface area contributed by atoms with Gasteiger partial charge in [0.2, 0.25) is 0 Å². The van der Waals surface area contributed by atoms with Gasteiger partial charge in [-0.25, -0.2) is 9.78 Å². The topological polar surface area (TPSA) is 90.9 Å². The Morgan fingerprint density at radius 3 is 2.29 bits per heavy atom. The highest BCUT2D eigenvalue weighted by Gasteiger charge is 2.38. The second-order valence-electron chi connectivity index (χ2n) is 8.76. The molecule has 0 fully saturated rings. The summed E-state index contributed by atoms with van der Waals surface area (Å²) in [6, 6.07) is 19.9. The summed E-state index contributed by atoms with van der Waals surface area (Å²) < 4.78 is 70.8. The minimum absolute atomic E-state index is 0.375. The van der Waals surface area contributed by atoms with E-state index in [1.165, 1.54) is 17.2 Å². The number of rotatable bonds is 7. The molecule has 0 spiro atoms. The number of alkyl halides is 6. The molecule has 6 nitrogen and oxygen atoms in total. The van der Waals surface area contributed by atoms with Crippen LogP contribution in [0.15, 0.2) is 79.1 Å². The van der Waals surface area contributed by atoms with Crippen molar-refractivity contribution in [2.45, 2.75) is 25.3 Å². The van der Waals surface area contributed by atoms with Gasteiger partial charge in [-0.15, -0.1) is 11.3 Å². The van der Waals surface area contributed by atoms with Gasteiger partial charge in [-0.1, -0.05) is 18.2 Å². The molecule has 214 valence electrons. The molecule has 3 heterocycles. The van der Waals surface area contributed by atoms with E-state index in [1.54, 1.807) is 23.7 Å². The van der Waals surface area contributed by atoms with Crippen LogP contribution in [0, 0.1) is 0 Å². The van der Waals surface area contributed by atoms with Crippen molar-refractivity contribution in [1.29, 1.82) is 0 Å². The van der Waals surface area contributed by atoms with Gasteiger partial charge in [-0.2, -0.15) is 26.3 Å². The number of carboxylic acids is 1. The highest BCUT2D eigenvalue weighted by Crippen LogP contribution is 2.36. The summed E-state index contributed by atoms with van der Waals surface area (Å²) in [7, 11) is 0. The summed E-state index contributed by atoms with van der Waals surface area (Å²) in [5, 5.41) is 10.6. The van der Waals surface area contributed by atoms with Crippen LogP contribution in [0.4, 0.5) is 26.3 Å². The van der Waals surface area contributed by atoms with E-state index in [-0.39, 0.29) is 0 Å². The lowest BCUT2D eigenvalue weighted by atomic mass is 10.1. The van der Waals surface area contributed by atoms with Crippen molar-refractivity contribution in [3.8, 4) is 21.1 Å². The van der Waals surface area contributed by atoms with E-state index in [0.29, 0.717) is 16.9 Å². The number of benzene rings is 2.